The van der Waals surface area contributed by atoms with Gasteiger partial charge in [-0.2, -0.15) is 0 Å². The molecule has 0 heterocycles. The molecule has 0 unspecified atom stereocenters. The number of hydrogen-bond donors (Lipinski definition) is 1. The molecule has 116 valence electrons. The molecule has 4 nitrogen and oxygen atoms in total. The van der Waals surface area contributed by atoms with Crippen LogP contribution in [0.2, 0.25) is 0 Å². The molecule has 1 amide bonds. The lowest BCUT2D eigenvalue weighted by molar-refractivity contribution is -0.122. The van der Waals surface area contributed by atoms with Crippen LogP contribution < -0.4 is 14.8 Å². The number of hydrogen-bond acceptors (Lipinski definition) is 3. The van der Waals surface area contributed by atoms with Crippen molar-refractivity contribution >= 4 is 34.2 Å². The van der Waals surface area contributed by atoms with E-state index in [1.54, 1.807) is 13.2 Å². The summed E-state index contributed by atoms with van der Waals surface area (Å²) in [5.41, 5.74) is 0.762. The molecule has 0 aliphatic heterocycles. The van der Waals surface area contributed by atoms with Crippen LogP contribution >= 0.6 is 22.6 Å². The van der Waals surface area contributed by atoms with Gasteiger partial charge in [0.05, 0.1) is 7.11 Å². The Balaban J connectivity index is 2.03. The molecule has 0 aromatic heterocycles. The summed E-state index contributed by atoms with van der Waals surface area (Å²) < 4.78 is 12.0. The maximum Gasteiger partial charge on any atom is 0.265 e. The summed E-state index contributed by atoms with van der Waals surface area (Å²) in [5, 5.41) is 2.87. The van der Waals surface area contributed by atoms with E-state index in [2.05, 4.69) is 27.9 Å². The lowest BCUT2D eigenvalue weighted by atomic mass is 10.2. The van der Waals surface area contributed by atoms with E-state index in [9.17, 15) is 4.79 Å². The van der Waals surface area contributed by atoms with Gasteiger partial charge >= 0.3 is 0 Å². The molecule has 2 aromatic carbocycles. The Bertz CT molecular complexity index is 628. The maximum absolute atomic E-state index is 12.3. The molecular formula is C17H18INO3. The minimum Gasteiger partial charge on any atom is -0.497 e. The molecule has 0 bridgehead atoms. The average molecular weight is 411 g/mol. The predicted molar refractivity (Wildman–Crippen MR) is 95.5 cm³/mol. The first-order valence-corrected chi connectivity index (χ1v) is 8.07. The first-order valence-electron chi connectivity index (χ1n) is 6.99. The number of methoxy groups -OCH3 is 1. The third kappa shape index (κ3) is 4.62. The van der Waals surface area contributed by atoms with E-state index in [0.29, 0.717) is 17.9 Å². The van der Waals surface area contributed by atoms with Gasteiger partial charge in [-0.25, -0.2) is 0 Å². The van der Waals surface area contributed by atoms with Crippen LogP contribution in [-0.4, -0.2) is 19.1 Å². The van der Waals surface area contributed by atoms with E-state index >= 15 is 0 Å². The van der Waals surface area contributed by atoms with Gasteiger partial charge in [-0.15, -0.1) is 0 Å². The van der Waals surface area contributed by atoms with E-state index in [-0.39, 0.29) is 5.91 Å². The molecule has 0 saturated heterocycles. The number of amides is 1. The highest BCUT2D eigenvalue weighted by Crippen LogP contribution is 2.21. The normalized spacial score (nSPS) is 11.6. The number of carbonyl (C=O) groups excluding carboxylic acids is 1. The Morgan fingerprint density at radius 2 is 1.86 bits per heavy atom. The molecule has 2 rings (SSSR count). The second-order valence-electron chi connectivity index (χ2n) is 4.69. The van der Waals surface area contributed by atoms with Gasteiger partial charge in [-0.3, -0.25) is 4.79 Å². The molecule has 1 N–H and O–H groups in total. The van der Waals surface area contributed by atoms with Crippen LogP contribution in [0.4, 0.5) is 5.69 Å². The van der Waals surface area contributed by atoms with Crippen molar-refractivity contribution in [1.29, 1.82) is 0 Å². The minimum absolute atomic E-state index is 0.161. The number of halogens is 1. The summed E-state index contributed by atoms with van der Waals surface area (Å²) >= 11 is 2.22. The number of benzene rings is 2. The fraction of sp³-hybridized carbons (Fsp3) is 0.235. The first-order chi connectivity index (χ1) is 10.6. The minimum atomic E-state index is -0.550. The molecule has 0 aliphatic carbocycles. The monoisotopic (exact) mass is 411 g/mol. The van der Waals surface area contributed by atoms with Crippen molar-refractivity contribution in [3.05, 3.63) is 52.1 Å². The summed E-state index contributed by atoms with van der Waals surface area (Å²) in [4.78, 5) is 12.3. The SMILES string of the molecule is CC[C@H](Oc1cccc(OC)c1)C(=O)Nc1ccc(I)cc1. The van der Waals surface area contributed by atoms with Crippen LogP contribution in [0.15, 0.2) is 48.5 Å². The van der Waals surface area contributed by atoms with E-state index in [4.69, 9.17) is 9.47 Å². The number of nitrogens with one attached hydrogen (secondary N) is 1. The lowest BCUT2D eigenvalue weighted by Gasteiger charge is -2.17. The van der Waals surface area contributed by atoms with Gasteiger partial charge in [-0.1, -0.05) is 13.0 Å². The van der Waals surface area contributed by atoms with Gasteiger partial charge in [0.25, 0.3) is 5.91 Å². The van der Waals surface area contributed by atoms with Crippen molar-refractivity contribution in [2.24, 2.45) is 0 Å². The number of ether oxygens (including phenoxy) is 2. The Morgan fingerprint density at radius 1 is 1.18 bits per heavy atom. The Labute approximate surface area is 144 Å². The molecule has 0 fully saturated rings. The average Bonchev–Trinajstić information content (AvgIpc) is 2.54. The van der Waals surface area contributed by atoms with E-state index in [1.165, 1.54) is 0 Å². The van der Waals surface area contributed by atoms with Crippen LogP contribution in [0.25, 0.3) is 0 Å². The van der Waals surface area contributed by atoms with Crippen LogP contribution in [0.1, 0.15) is 13.3 Å². The van der Waals surface area contributed by atoms with Crippen LogP contribution in [0.5, 0.6) is 11.5 Å². The molecular weight excluding hydrogens is 393 g/mol. The summed E-state index contributed by atoms with van der Waals surface area (Å²) in [7, 11) is 1.60. The zero-order chi connectivity index (χ0) is 15.9. The van der Waals surface area contributed by atoms with Crippen molar-refractivity contribution in [3.63, 3.8) is 0 Å². The van der Waals surface area contributed by atoms with E-state index < -0.39 is 6.10 Å². The first kappa shape index (κ1) is 16.6. The summed E-state index contributed by atoms with van der Waals surface area (Å²) in [6.07, 6.45) is 0.0272. The van der Waals surface area contributed by atoms with Crippen LogP contribution in [-0.2, 0) is 4.79 Å². The highest BCUT2D eigenvalue weighted by molar-refractivity contribution is 14.1. The van der Waals surface area contributed by atoms with Crippen molar-refractivity contribution in [2.45, 2.75) is 19.4 Å². The highest BCUT2D eigenvalue weighted by Gasteiger charge is 2.18. The molecule has 0 aliphatic rings. The van der Waals surface area contributed by atoms with Gasteiger partial charge in [0, 0.05) is 15.3 Å². The molecule has 5 heteroatoms. The second-order valence-corrected chi connectivity index (χ2v) is 5.94. The zero-order valence-corrected chi connectivity index (χ0v) is 14.7. The number of carbonyl (C=O) groups is 1. The van der Waals surface area contributed by atoms with Gasteiger partial charge in [0.15, 0.2) is 6.10 Å². The fourth-order valence-electron chi connectivity index (χ4n) is 1.92. The van der Waals surface area contributed by atoms with E-state index in [1.807, 2.05) is 49.4 Å². The van der Waals surface area contributed by atoms with Gasteiger partial charge < -0.3 is 14.8 Å². The molecule has 0 saturated carbocycles. The quantitative estimate of drug-likeness (QED) is 0.729. The molecule has 1 atom stereocenters. The smallest absolute Gasteiger partial charge is 0.265 e. The zero-order valence-electron chi connectivity index (χ0n) is 12.5. The third-order valence-corrected chi connectivity index (χ3v) is 3.81. The molecule has 2 aromatic rings. The fourth-order valence-corrected chi connectivity index (χ4v) is 2.28. The summed E-state index contributed by atoms with van der Waals surface area (Å²) in [5.74, 6) is 1.15. The summed E-state index contributed by atoms with van der Waals surface area (Å²) in [6, 6.07) is 14.9. The topological polar surface area (TPSA) is 47.6 Å². The molecule has 0 radical (unpaired) electrons. The summed E-state index contributed by atoms with van der Waals surface area (Å²) in [6.45, 7) is 1.92. The Morgan fingerprint density at radius 3 is 2.50 bits per heavy atom. The predicted octanol–water partition coefficient (Wildman–Crippen LogP) is 4.10. The Kier molecular flexibility index (Phi) is 6.06. The van der Waals surface area contributed by atoms with Gasteiger partial charge in [-0.05, 0) is 65.4 Å². The van der Waals surface area contributed by atoms with Crippen molar-refractivity contribution in [3.8, 4) is 11.5 Å². The van der Waals surface area contributed by atoms with Crippen molar-refractivity contribution in [1.82, 2.24) is 0 Å². The highest BCUT2D eigenvalue weighted by atomic mass is 127. The second kappa shape index (κ2) is 8.03. The largest absolute Gasteiger partial charge is 0.497 e. The van der Waals surface area contributed by atoms with Gasteiger partial charge in [0.2, 0.25) is 0 Å². The standard InChI is InChI=1S/C17H18INO3/c1-3-16(22-15-6-4-5-14(11-15)21-2)17(20)19-13-9-7-12(18)8-10-13/h4-11,16H,3H2,1-2H3,(H,19,20)/t16-/m0/s1. The Hall–Kier alpha value is -1.76. The van der Waals surface area contributed by atoms with E-state index in [0.717, 1.165) is 9.26 Å². The van der Waals surface area contributed by atoms with Crippen molar-refractivity contribution in [2.75, 3.05) is 12.4 Å². The van der Waals surface area contributed by atoms with Crippen LogP contribution in [0, 0.1) is 3.57 Å². The third-order valence-electron chi connectivity index (χ3n) is 3.09. The molecule has 22 heavy (non-hydrogen) atoms. The number of anilines is 1. The van der Waals surface area contributed by atoms with Crippen LogP contribution in [0.3, 0.4) is 0 Å². The maximum atomic E-state index is 12.3. The number of rotatable bonds is 6. The lowest BCUT2D eigenvalue weighted by Crippen LogP contribution is -2.32. The molecule has 0 spiro atoms. The van der Waals surface area contributed by atoms with Crippen molar-refractivity contribution < 1.29 is 14.3 Å². The van der Waals surface area contributed by atoms with Gasteiger partial charge in [0.1, 0.15) is 11.5 Å².